The van der Waals surface area contributed by atoms with E-state index in [4.69, 9.17) is 0 Å². The molecule has 1 amide bonds. The molecule has 1 fully saturated rings. The summed E-state index contributed by atoms with van der Waals surface area (Å²) in [6.45, 7) is 1.73. The first-order chi connectivity index (χ1) is 7.36. The monoisotopic (exact) mass is 225 g/mol. The highest BCUT2D eigenvalue weighted by Crippen LogP contribution is 2.18. The Balaban J connectivity index is 1.55. The van der Waals surface area contributed by atoms with E-state index < -0.39 is 0 Å². The molecule has 2 N–H and O–H groups in total. The van der Waals surface area contributed by atoms with E-state index in [1.165, 1.54) is 24.2 Å². The van der Waals surface area contributed by atoms with Gasteiger partial charge in [0.1, 0.15) is 4.88 Å². The lowest BCUT2D eigenvalue weighted by molar-refractivity contribution is 0.0957. The van der Waals surface area contributed by atoms with Crippen LogP contribution in [-0.4, -0.2) is 30.0 Å². The molecule has 2 rings (SSSR count). The standard InChI is InChI=1S/C10H15N3OS/c14-10(9-6-11-7-15-9)13-5-1-4-12-8-2-3-8/h6-8,12H,1-5H2,(H,13,14). The lowest BCUT2D eigenvalue weighted by atomic mass is 10.4. The molecule has 1 heterocycles. The first-order valence-electron chi connectivity index (χ1n) is 5.26. The maximum atomic E-state index is 11.5. The van der Waals surface area contributed by atoms with Gasteiger partial charge >= 0.3 is 0 Å². The maximum absolute atomic E-state index is 11.5. The van der Waals surface area contributed by atoms with Crippen LogP contribution in [0.4, 0.5) is 0 Å². The van der Waals surface area contributed by atoms with E-state index in [0.717, 1.165) is 25.6 Å². The van der Waals surface area contributed by atoms with Crippen LogP contribution in [0.25, 0.3) is 0 Å². The van der Waals surface area contributed by atoms with Gasteiger partial charge in [0.05, 0.1) is 11.7 Å². The number of nitrogens with one attached hydrogen (secondary N) is 2. The first-order valence-corrected chi connectivity index (χ1v) is 6.14. The average Bonchev–Trinajstić information content (AvgIpc) is 2.90. The van der Waals surface area contributed by atoms with Crippen LogP contribution in [0.5, 0.6) is 0 Å². The molecule has 0 atom stereocenters. The third kappa shape index (κ3) is 3.60. The lowest BCUT2D eigenvalue weighted by Gasteiger charge is -2.04. The molecule has 4 nitrogen and oxygen atoms in total. The Morgan fingerprint density at radius 1 is 1.53 bits per heavy atom. The van der Waals surface area contributed by atoms with E-state index in [9.17, 15) is 4.79 Å². The highest BCUT2D eigenvalue weighted by molar-refractivity contribution is 7.11. The fourth-order valence-electron chi connectivity index (χ4n) is 1.30. The number of nitrogens with zero attached hydrogens (tertiary/aromatic N) is 1. The topological polar surface area (TPSA) is 54.0 Å². The highest BCUT2D eigenvalue weighted by Gasteiger charge is 2.19. The summed E-state index contributed by atoms with van der Waals surface area (Å²) >= 11 is 1.37. The minimum Gasteiger partial charge on any atom is -0.351 e. The lowest BCUT2D eigenvalue weighted by Crippen LogP contribution is -2.27. The van der Waals surface area contributed by atoms with Crippen molar-refractivity contribution in [2.45, 2.75) is 25.3 Å². The third-order valence-electron chi connectivity index (χ3n) is 2.31. The minimum atomic E-state index is -0.0103. The zero-order chi connectivity index (χ0) is 10.5. The average molecular weight is 225 g/mol. The van der Waals surface area contributed by atoms with E-state index in [1.54, 1.807) is 11.7 Å². The van der Waals surface area contributed by atoms with E-state index in [2.05, 4.69) is 15.6 Å². The molecule has 1 aliphatic carbocycles. The van der Waals surface area contributed by atoms with Crippen LogP contribution < -0.4 is 10.6 Å². The predicted octanol–water partition coefficient (Wildman–Crippen LogP) is 1.01. The number of aromatic nitrogens is 1. The van der Waals surface area contributed by atoms with Gasteiger partial charge in [0.25, 0.3) is 5.91 Å². The molecule has 0 radical (unpaired) electrons. The van der Waals surface area contributed by atoms with Crippen molar-refractivity contribution in [1.29, 1.82) is 0 Å². The Morgan fingerprint density at radius 3 is 3.07 bits per heavy atom. The van der Waals surface area contributed by atoms with Gasteiger partial charge in [-0.2, -0.15) is 0 Å². The number of carbonyl (C=O) groups is 1. The van der Waals surface area contributed by atoms with Crippen LogP contribution in [0.3, 0.4) is 0 Å². The Labute approximate surface area is 93.1 Å². The Kier molecular flexibility index (Phi) is 3.69. The van der Waals surface area contributed by atoms with Crippen molar-refractivity contribution in [3.63, 3.8) is 0 Å². The molecule has 0 spiro atoms. The second kappa shape index (κ2) is 5.23. The molecule has 5 heteroatoms. The van der Waals surface area contributed by atoms with Crippen molar-refractivity contribution in [2.75, 3.05) is 13.1 Å². The van der Waals surface area contributed by atoms with Crippen LogP contribution in [0.15, 0.2) is 11.7 Å². The Hall–Kier alpha value is -0.940. The van der Waals surface area contributed by atoms with E-state index in [1.807, 2.05) is 0 Å². The number of hydrogen-bond donors (Lipinski definition) is 2. The van der Waals surface area contributed by atoms with Crippen molar-refractivity contribution in [3.05, 3.63) is 16.6 Å². The molecular weight excluding hydrogens is 210 g/mol. The quantitative estimate of drug-likeness (QED) is 0.711. The van der Waals surface area contributed by atoms with Gasteiger partial charge < -0.3 is 10.6 Å². The Morgan fingerprint density at radius 2 is 2.40 bits per heavy atom. The molecular formula is C10H15N3OS. The predicted molar refractivity (Wildman–Crippen MR) is 60.1 cm³/mol. The summed E-state index contributed by atoms with van der Waals surface area (Å²) in [7, 11) is 0. The smallest absolute Gasteiger partial charge is 0.262 e. The summed E-state index contributed by atoms with van der Waals surface area (Å²) in [5.74, 6) is -0.0103. The normalized spacial score (nSPS) is 15.2. The van der Waals surface area contributed by atoms with E-state index >= 15 is 0 Å². The molecule has 0 aromatic carbocycles. The molecule has 15 heavy (non-hydrogen) atoms. The molecule has 1 aromatic heterocycles. The maximum Gasteiger partial charge on any atom is 0.262 e. The largest absolute Gasteiger partial charge is 0.351 e. The number of amides is 1. The van der Waals surface area contributed by atoms with Crippen molar-refractivity contribution in [3.8, 4) is 0 Å². The second-order valence-corrected chi connectivity index (χ2v) is 4.59. The summed E-state index contributed by atoms with van der Waals surface area (Å²) in [6, 6.07) is 0.752. The second-order valence-electron chi connectivity index (χ2n) is 3.70. The summed E-state index contributed by atoms with van der Waals surface area (Å²) in [4.78, 5) is 16.0. The van der Waals surface area contributed by atoms with Crippen LogP contribution >= 0.6 is 11.3 Å². The van der Waals surface area contributed by atoms with Crippen LogP contribution in [0.1, 0.15) is 28.9 Å². The van der Waals surface area contributed by atoms with Crippen molar-refractivity contribution in [2.24, 2.45) is 0 Å². The SMILES string of the molecule is O=C(NCCCNC1CC1)c1cncs1. The molecule has 0 saturated heterocycles. The van der Waals surface area contributed by atoms with Gasteiger partial charge in [0.2, 0.25) is 0 Å². The van der Waals surface area contributed by atoms with E-state index in [-0.39, 0.29) is 5.91 Å². The summed E-state index contributed by atoms with van der Waals surface area (Å²) in [5.41, 5.74) is 1.67. The first kappa shape index (κ1) is 10.6. The number of rotatable bonds is 6. The van der Waals surface area contributed by atoms with Crippen LogP contribution in [-0.2, 0) is 0 Å². The van der Waals surface area contributed by atoms with Crippen molar-refractivity contribution < 1.29 is 4.79 Å². The molecule has 1 aliphatic rings. The van der Waals surface area contributed by atoms with Gasteiger partial charge in [0.15, 0.2) is 0 Å². The van der Waals surface area contributed by atoms with Gasteiger partial charge in [-0.15, -0.1) is 11.3 Å². The zero-order valence-corrected chi connectivity index (χ0v) is 9.35. The van der Waals surface area contributed by atoms with Gasteiger partial charge in [-0.25, -0.2) is 0 Å². The third-order valence-corrected chi connectivity index (χ3v) is 3.08. The summed E-state index contributed by atoms with van der Waals surface area (Å²) in [5, 5.41) is 6.27. The molecule has 82 valence electrons. The summed E-state index contributed by atoms with van der Waals surface area (Å²) in [6.07, 6.45) is 5.21. The summed E-state index contributed by atoms with van der Waals surface area (Å²) < 4.78 is 0. The van der Waals surface area contributed by atoms with Gasteiger partial charge in [-0.1, -0.05) is 0 Å². The van der Waals surface area contributed by atoms with E-state index in [0.29, 0.717) is 4.88 Å². The van der Waals surface area contributed by atoms with Gasteiger partial charge in [-0.05, 0) is 25.8 Å². The molecule has 1 aromatic rings. The van der Waals surface area contributed by atoms with Crippen LogP contribution in [0, 0.1) is 0 Å². The molecule has 0 bridgehead atoms. The Bertz CT molecular complexity index is 308. The minimum absolute atomic E-state index is 0.0103. The fraction of sp³-hybridized carbons (Fsp3) is 0.600. The fourth-order valence-corrected chi connectivity index (χ4v) is 1.84. The van der Waals surface area contributed by atoms with Gasteiger partial charge in [0, 0.05) is 12.6 Å². The van der Waals surface area contributed by atoms with Crippen molar-refractivity contribution in [1.82, 2.24) is 15.6 Å². The number of carbonyl (C=O) groups excluding carboxylic acids is 1. The zero-order valence-electron chi connectivity index (χ0n) is 8.53. The van der Waals surface area contributed by atoms with Gasteiger partial charge in [-0.3, -0.25) is 9.78 Å². The molecule has 0 unspecified atom stereocenters. The highest BCUT2D eigenvalue weighted by atomic mass is 32.1. The molecule has 0 aliphatic heterocycles. The molecule has 1 saturated carbocycles. The van der Waals surface area contributed by atoms with Crippen LogP contribution in [0.2, 0.25) is 0 Å². The number of thiazole rings is 1. The number of hydrogen-bond acceptors (Lipinski definition) is 4. The van der Waals surface area contributed by atoms with Crippen molar-refractivity contribution >= 4 is 17.2 Å².